The molecule has 2 N–H and O–H groups in total. The number of anilines is 2. The summed E-state index contributed by atoms with van der Waals surface area (Å²) in [6.07, 6.45) is 3.56. The zero-order valence-electron chi connectivity index (χ0n) is 15.5. The summed E-state index contributed by atoms with van der Waals surface area (Å²) in [5.41, 5.74) is 2.19. The highest BCUT2D eigenvalue weighted by Crippen LogP contribution is 2.30. The lowest BCUT2D eigenvalue weighted by molar-refractivity contribution is -0.119. The molecule has 3 unspecified atom stereocenters. The maximum absolute atomic E-state index is 12.3. The Bertz CT molecular complexity index is 749. The molecule has 1 heterocycles. The molecule has 1 saturated carbocycles. The van der Waals surface area contributed by atoms with E-state index in [0.29, 0.717) is 23.6 Å². The SMILES string of the molecule is Cc1cccc(Nc2nnc(SCC(=O)NC3CCCC(C)C3C)s2)c1. The molecule has 3 rings (SSSR count). The third-order valence-electron chi connectivity index (χ3n) is 5.06. The molecule has 0 radical (unpaired) electrons. The van der Waals surface area contributed by atoms with Gasteiger partial charge in [-0.15, -0.1) is 10.2 Å². The van der Waals surface area contributed by atoms with Gasteiger partial charge in [-0.1, -0.05) is 61.9 Å². The summed E-state index contributed by atoms with van der Waals surface area (Å²) in [4.78, 5) is 12.3. The van der Waals surface area contributed by atoms with Crippen LogP contribution in [0, 0.1) is 18.8 Å². The van der Waals surface area contributed by atoms with Crippen molar-refractivity contribution in [1.82, 2.24) is 15.5 Å². The van der Waals surface area contributed by atoms with E-state index in [0.717, 1.165) is 21.6 Å². The Morgan fingerprint density at radius 1 is 1.31 bits per heavy atom. The topological polar surface area (TPSA) is 66.9 Å². The minimum absolute atomic E-state index is 0.0874. The van der Waals surface area contributed by atoms with E-state index in [1.165, 1.54) is 41.5 Å². The first-order chi connectivity index (χ1) is 12.5. The molecule has 0 saturated heterocycles. The van der Waals surface area contributed by atoms with E-state index in [1.54, 1.807) is 0 Å². The Morgan fingerprint density at radius 2 is 2.15 bits per heavy atom. The van der Waals surface area contributed by atoms with Crippen LogP contribution in [0.15, 0.2) is 28.6 Å². The molecule has 26 heavy (non-hydrogen) atoms. The minimum Gasteiger partial charge on any atom is -0.352 e. The maximum Gasteiger partial charge on any atom is 0.230 e. The molecular formula is C19H26N4OS2. The van der Waals surface area contributed by atoms with Gasteiger partial charge in [0.05, 0.1) is 5.75 Å². The molecule has 0 spiro atoms. The summed E-state index contributed by atoms with van der Waals surface area (Å²) in [5, 5.41) is 15.5. The lowest BCUT2D eigenvalue weighted by atomic mass is 9.78. The van der Waals surface area contributed by atoms with E-state index >= 15 is 0 Å². The summed E-state index contributed by atoms with van der Waals surface area (Å²) in [6, 6.07) is 8.43. The van der Waals surface area contributed by atoms with Crippen LogP contribution in [0.2, 0.25) is 0 Å². The van der Waals surface area contributed by atoms with E-state index < -0.39 is 0 Å². The molecule has 0 aliphatic heterocycles. The van der Waals surface area contributed by atoms with Gasteiger partial charge in [-0.2, -0.15) is 0 Å². The molecule has 1 amide bonds. The van der Waals surface area contributed by atoms with Crippen LogP contribution in [-0.2, 0) is 4.79 Å². The number of aryl methyl sites for hydroxylation is 1. The number of benzene rings is 1. The number of hydrogen-bond acceptors (Lipinski definition) is 6. The van der Waals surface area contributed by atoms with Crippen LogP contribution in [0.1, 0.15) is 38.7 Å². The van der Waals surface area contributed by atoms with Gasteiger partial charge in [-0.25, -0.2) is 0 Å². The number of amides is 1. The first-order valence-electron chi connectivity index (χ1n) is 9.10. The summed E-state index contributed by atoms with van der Waals surface area (Å²) >= 11 is 2.92. The van der Waals surface area contributed by atoms with Crippen LogP contribution in [-0.4, -0.2) is 27.9 Å². The number of nitrogens with one attached hydrogen (secondary N) is 2. The van der Waals surface area contributed by atoms with Gasteiger partial charge in [0, 0.05) is 11.7 Å². The lowest BCUT2D eigenvalue weighted by Gasteiger charge is -2.34. The zero-order chi connectivity index (χ0) is 18.5. The van der Waals surface area contributed by atoms with Crippen molar-refractivity contribution in [3.8, 4) is 0 Å². The maximum atomic E-state index is 12.3. The van der Waals surface area contributed by atoms with Crippen LogP contribution < -0.4 is 10.6 Å². The van der Waals surface area contributed by atoms with Gasteiger partial charge in [0.15, 0.2) is 4.34 Å². The Morgan fingerprint density at radius 3 is 2.96 bits per heavy atom. The highest BCUT2D eigenvalue weighted by molar-refractivity contribution is 8.01. The molecule has 140 valence electrons. The largest absolute Gasteiger partial charge is 0.352 e. The molecule has 2 aromatic rings. The van der Waals surface area contributed by atoms with Crippen molar-refractivity contribution < 1.29 is 4.79 Å². The number of thioether (sulfide) groups is 1. The molecule has 5 nitrogen and oxygen atoms in total. The first-order valence-corrected chi connectivity index (χ1v) is 10.9. The number of carbonyl (C=O) groups is 1. The molecule has 1 aliphatic rings. The Kier molecular flexibility index (Phi) is 6.53. The van der Waals surface area contributed by atoms with Crippen LogP contribution in [0.25, 0.3) is 0 Å². The molecule has 7 heteroatoms. The second-order valence-electron chi connectivity index (χ2n) is 7.10. The van der Waals surface area contributed by atoms with Crippen LogP contribution in [0.3, 0.4) is 0 Å². The summed E-state index contributed by atoms with van der Waals surface area (Å²) < 4.78 is 0.806. The van der Waals surface area contributed by atoms with Crippen molar-refractivity contribution in [1.29, 1.82) is 0 Å². The van der Waals surface area contributed by atoms with Crippen molar-refractivity contribution in [2.45, 2.75) is 50.4 Å². The molecule has 1 aliphatic carbocycles. The number of hydrogen-bond donors (Lipinski definition) is 2. The predicted molar refractivity (Wildman–Crippen MR) is 109 cm³/mol. The highest BCUT2D eigenvalue weighted by Gasteiger charge is 2.28. The molecule has 1 aromatic carbocycles. The fourth-order valence-electron chi connectivity index (χ4n) is 3.33. The van der Waals surface area contributed by atoms with E-state index in [-0.39, 0.29) is 5.91 Å². The summed E-state index contributed by atoms with van der Waals surface area (Å²) in [6.45, 7) is 6.58. The molecular weight excluding hydrogens is 364 g/mol. The summed E-state index contributed by atoms with van der Waals surface area (Å²) in [7, 11) is 0. The normalized spacial score (nSPS) is 22.8. The quantitative estimate of drug-likeness (QED) is 0.704. The first kappa shape index (κ1) is 19.2. The zero-order valence-corrected chi connectivity index (χ0v) is 17.1. The second kappa shape index (κ2) is 8.86. The van der Waals surface area contributed by atoms with Crippen molar-refractivity contribution in [2.24, 2.45) is 11.8 Å². The van der Waals surface area contributed by atoms with Gasteiger partial charge in [0.25, 0.3) is 0 Å². The molecule has 3 atom stereocenters. The van der Waals surface area contributed by atoms with Crippen molar-refractivity contribution in [2.75, 3.05) is 11.1 Å². The predicted octanol–water partition coefficient (Wildman–Crippen LogP) is 4.62. The third kappa shape index (κ3) is 5.20. The summed E-state index contributed by atoms with van der Waals surface area (Å²) in [5.74, 6) is 1.70. The second-order valence-corrected chi connectivity index (χ2v) is 9.30. The monoisotopic (exact) mass is 390 g/mol. The number of rotatable bonds is 6. The average molecular weight is 391 g/mol. The Balaban J connectivity index is 1.47. The smallest absolute Gasteiger partial charge is 0.230 e. The van der Waals surface area contributed by atoms with Gasteiger partial charge in [-0.05, 0) is 42.9 Å². The number of carbonyl (C=O) groups excluding carboxylic acids is 1. The van der Waals surface area contributed by atoms with E-state index in [1.807, 2.05) is 12.1 Å². The van der Waals surface area contributed by atoms with Gasteiger partial charge in [0.1, 0.15) is 0 Å². The molecule has 0 bridgehead atoms. The van der Waals surface area contributed by atoms with Crippen LogP contribution in [0.4, 0.5) is 10.8 Å². The minimum atomic E-state index is 0.0874. The average Bonchev–Trinajstić information content (AvgIpc) is 3.05. The lowest BCUT2D eigenvalue weighted by Crippen LogP contribution is -2.44. The van der Waals surface area contributed by atoms with Crippen LogP contribution in [0.5, 0.6) is 0 Å². The highest BCUT2D eigenvalue weighted by atomic mass is 32.2. The number of aromatic nitrogens is 2. The third-order valence-corrected chi connectivity index (χ3v) is 7.03. The fraction of sp³-hybridized carbons (Fsp3) is 0.526. The van der Waals surface area contributed by atoms with E-state index in [4.69, 9.17) is 0 Å². The van der Waals surface area contributed by atoms with Gasteiger partial charge in [-0.3, -0.25) is 4.79 Å². The van der Waals surface area contributed by atoms with Gasteiger partial charge < -0.3 is 10.6 Å². The standard InChI is InChI=1S/C19H26N4OS2/c1-12-6-4-8-15(10-12)20-18-22-23-19(26-18)25-11-17(24)21-16-9-5-7-13(2)14(16)3/h4,6,8,10,13-14,16H,5,7,9,11H2,1-3H3,(H,20,22)(H,21,24). The Hall–Kier alpha value is -1.60. The van der Waals surface area contributed by atoms with Crippen molar-refractivity contribution >= 4 is 39.8 Å². The van der Waals surface area contributed by atoms with E-state index in [9.17, 15) is 4.79 Å². The van der Waals surface area contributed by atoms with E-state index in [2.05, 4.69) is 53.7 Å². The van der Waals surface area contributed by atoms with Crippen LogP contribution >= 0.6 is 23.1 Å². The van der Waals surface area contributed by atoms with Gasteiger partial charge in [0.2, 0.25) is 11.0 Å². The molecule has 1 fully saturated rings. The fourth-order valence-corrected chi connectivity index (χ4v) is 4.91. The molecule has 1 aromatic heterocycles. The van der Waals surface area contributed by atoms with Gasteiger partial charge >= 0.3 is 0 Å². The Labute approximate surface area is 163 Å². The van der Waals surface area contributed by atoms with Crippen molar-refractivity contribution in [3.63, 3.8) is 0 Å². The number of nitrogens with zero attached hydrogens (tertiary/aromatic N) is 2. The van der Waals surface area contributed by atoms with Crippen molar-refractivity contribution in [3.05, 3.63) is 29.8 Å².